The summed E-state index contributed by atoms with van der Waals surface area (Å²) in [5.74, 6) is -0.289. The predicted molar refractivity (Wildman–Crippen MR) is 238 cm³/mol. The molecule has 0 aliphatic rings. The number of nitrogens with zero attached hydrogens (tertiary/aromatic N) is 1. The van der Waals surface area contributed by atoms with Gasteiger partial charge in [0, 0.05) is 13.1 Å². The maximum atomic E-state index is 12.0. The van der Waals surface area contributed by atoms with Crippen molar-refractivity contribution in [3.63, 3.8) is 0 Å². The quantitative estimate of drug-likeness (QED) is 0.0389. The topological polar surface area (TPSA) is 81.9 Å². The van der Waals surface area contributed by atoms with E-state index in [9.17, 15) is 9.59 Å². The number of carbonyl (C=O) groups excluding carboxylic acids is 2. The molecule has 0 atom stereocenters. The Balaban J connectivity index is -0.00000119. The number of unbranched alkanes of at least 4 members (excludes halogenated alkanes) is 17. The molecular formula is C48H92N2O4. The molecule has 6 nitrogen and oxygen atoms in total. The van der Waals surface area contributed by atoms with Gasteiger partial charge in [-0.3, -0.25) is 9.59 Å². The van der Waals surface area contributed by atoms with Crippen molar-refractivity contribution in [3.05, 3.63) is 48.6 Å². The third-order valence-corrected chi connectivity index (χ3v) is 8.86. The van der Waals surface area contributed by atoms with E-state index in [-0.39, 0.29) is 11.9 Å². The van der Waals surface area contributed by atoms with Crippen molar-refractivity contribution < 1.29 is 19.1 Å². The van der Waals surface area contributed by atoms with Gasteiger partial charge in [-0.05, 0) is 90.1 Å². The predicted octanol–water partition coefficient (Wildman–Crippen LogP) is 13.8. The summed E-state index contributed by atoms with van der Waals surface area (Å²) < 4.78 is 10.6. The lowest BCUT2D eigenvalue weighted by Gasteiger charge is -2.19. The van der Waals surface area contributed by atoms with Crippen LogP contribution in [0.3, 0.4) is 0 Å². The lowest BCUT2D eigenvalue weighted by Crippen LogP contribution is -2.29. The normalized spacial score (nSPS) is 11.4. The number of hydrogen-bond acceptors (Lipinski definition) is 6. The molecule has 0 spiro atoms. The molecule has 0 aromatic carbocycles. The zero-order valence-corrected chi connectivity index (χ0v) is 36.9. The molecule has 0 radical (unpaired) electrons. The number of allylic oxidation sites excluding steroid dienone is 8. The van der Waals surface area contributed by atoms with Crippen LogP contribution in [0.4, 0.5) is 0 Å². The van der Waals surface area contributed by atoms with E-state index in [1.165, 1.54) is 116 Å². The van der Waals surface area contributed by atoms with Crippen molar-refractivity contribution in [1.82, 2.24) is 4.90 Å². The average Bonchev–Trinajstić information content (AvgIpc) is 3.17. The van der Waals surface area contributed by atoms with Crippen LogP contribution in [0.15, 0.2) is 48.6 Å². The van der Waals surface area contributed by atoms with Gasteiger partial charge in [-0.1, -0.05) is 167 Å². The van der Waals surface area contributed by atoms with Crippen LogP contribution in [-0.2, 0) is 19.1 Å². The van der Waals surface area contributed by atoms with Crippen molar-refractivity contribution in [3.8, 4) is 0 Å². The molecular weight excluding hydrogens is 669 g/mol. The van der Waals surface area contributed by atoms with Gasteiger partial charge in [0.15, 0.2) is 0 Å². The van der Waals surface area contributed by atoms with Crippen LogP contribution >= 0.6 is 0 Å². The molecule has 0 heterocycles. The number of carbonyl (C=O) groups is 2. The molecule has 2 N–H and O–H groups in total. The fourth-order valence-electron chi connectivity index (χ4n) is 5.38. The molecule has 0 saturated carbocycles. The summed E-state index contributed by atoms with van der Waals surface area (Å²) in [6.07, 6.45) is 48.6. The van der Waals surface area contributed by atoms with Gasteiger partial charge in [0.05, 0.1) is 26.1 Å². The van der Waals surface area contributed by atoms with E-state index in [0.717, 1.165) is 51.6 Å². The SMILES string of the molecule is CCCC/C=C\CCC=CCCCCC.CCCCC/C=C\C/C=C\CCCCCCCCOC(=O)CCN(CC)CCC(=O)OCCCCC.CCN. The summed E-state index contributed by atoms with van der Waals surface area (Å²) in [6, 6.07) is 0. The van der Waals surface area contributed by atoms with Crippen molar-refractivity contribution >= 4 is 11.9 Å². The lowest BCUT2D eigenvalue weighted by molar-refractivity contribution is -0.144. The summed E-state index contributed by atoms with van der Waals surface area (Å²) in [6.45, 7) is 16.7. The summed E-state index contributed by atoms with van der Waals surface area (Å²) in [5.41, 5.74) is 4.85. The first-order valence-corrected chi connectivity index (χ1v) is 22.8. The van der Waals surface area contributed by atoms with Gasteiger partial charge in [0.25, 0.3) is 0 Å². The maximum Gasteiger partial charge on any atom is 0.307 e. The minimum Gasteiger partial charge on any atom is -0.466 e. The number of ether oxygens (including phenoxy) is 2. The van der Waals surface area contributed by atoms with Gasteiger partial charge in [-0.25, -0.2) is 0 Å². The van der Waals surface area contributed by atoms with Gasteiger partial charge in [-0.15, -0.1) is 0 Å². The van der Waals surface area contributed by atoms with Gasteiger partial charge in [0.2, 0.25) is 0 Å². The van der Waals surface area contributed by atoms with E-state index in [0.29, 0.717) is 39.1 Å². The third-order valence-electron chi connectivity index (χ3n) is 8.86. The van der Waals surface area contributed by atoms with Crippen LogP contribution in [0.1, 0.15) is 208 Å². The van der Waals surface area contributed by atoms with E-state index in [4.69, 9.17) is 15.2 Å². The minimum atomic E-state index is -0.149. The molecule has 0 rings (SSSR count). The Morgan fingerprint density at radius 2 is 0.778 bits per heavy atom. The second-order valence-corrected chi connectivity index (χ2v) is 14.2. The highest BCUT2D eigenvalue weighted by molar-refractivity contribution is 5.70. The summed E-state index contributed by atoms with van der Waals surface area (Å²) >= 11 is 0. The van der Waals surface area contributed by atoms with Crippen LogP contribution in [0, 0.1) is 0 Å². The zero-order chi connectivity index (χ0) is 40.4. The van der Waals surface area contributed by atoms with E-state index in [2.05, 4.69) is 81.2 Å². The molecule has 0 saturated heterocycles. The van der Waals surface area contributed by atoms with Gasteiger partial charge in [-0.2, -0.15) is 0 Å². The van der Waals surface area contributed by atoms with Gasteiger partial charge < -0.3 is 20.1 Å². The Labute approximate surface area is 337 Å². The van der Waals surface area contributed by atoms with Gasteiger partial charge >= 0.3 is 11.9 Å². The Morgan fingerprint density at radius 3 is 1.22 bits per heavy atom. The first kappa shape index (κ1) is 56.2. The van der Waals surface area contributed by atoms with E-state index < -0.39 is 0 Å². The van der Waals surface area contributed by atoms with E-state index in [1.54, 1.807) is 0 Å². The Bertz CT molecular complexity index is 852. The molecule has 0 bridgehead atoms. The van der Waals surface area contributed by atoms with Crippen LogP contribution in [-0.4, -0.2) is 56.2 Å². The fourth-order valence-corrected chi connectivity index (χ4v) is 5.38. The van der Waals surface area contributed by atoms with Gasteiger partial charge in [0.1, 0.15) is 0 Å². The highest BCUT2D eigenvalue weighted by Gasteiger charge is 2.11. The largest absolute Gasteiger partial charge is 0.466 e. The van der Waals surface area contributed by atoms with E-state index >= 15 is 0 Å². The number of rotatable bonds is 36. The monoisotopic (exact) mass is 761 g/mol. The summed E-state index contributed by atoms with van der Waals surface area (Å²) in [4.78, 5) is 25.9. The summed E-state index contributed by atoms with van der Waals surface area (Å²) in [7, 11) is 0. The van der Waals surface area contributed by atoms with Crippen LogP contribution in [0.5, 0.6) is 0 Å². The number of nitrogens with two attached hydrogens (primary N) is 1. The van der Waals surface area contributed by atoms with Crippen molar-refractivity contribution in [1.29, 1.82) is 0 Å². The summed E-state index contributed by atoms with van der Waals surface area (Å²) in [5, 5.41) is 0. The standard InChI is InChI=1S/C31H57NO4.C15H28.C2H7N/c1-4-7-9-10-11-12-13-14-15-16-17-18-19-20-21-23-29-36-31(34)25-27-32(6-3)26-24-30(33)35-28-22-8-5-2;1-3-5-7-9-11-13-15-14-12-10-8-6-4-2;1-2-3/h11-12,14-15H,4-10,13,16-29H2,1-3H3;9,11-12,14H,3-8,10,13,15H2,1-2H3;2-3H2,1H3/b12-11-,15-14-;11-9-,14-12?;. The fraction of sp³-hybridized carbons (Fsp3) is 0.792. The molecule has 0 aliphatic heterocycles. The first-order valence-electron chi connectivity index (χ1n) is 22.8. The highest BCUT2D eigenvalue weighted by atomic mass is 16.5. The second-order valence-electron chi connectivity index (χ2n) is 14.2. The maximum absolute atomic E-state index is 12.0. The van der Waals surface area contributed by atoms with Crippen molar-refractivity contribution in [2.45, 2.75) is 208 Å². The molecule has 0 amide bonds. The Hall–Kier alpha value is -2.18. The smallest absolute Gasteiger partial charge is 0.307 e. The lowest BCUT2D eigenvalue weighted by atomic mass is 10.1. The zero-order valence-electron chi connectivity index (χ0n) is 36.9. The number of esters is 2. The van der Waals surface area contributed by atoms with Crippen LogP contribution < -0.4 is 5.73 Å². The van der Waals surface area contributed by atoms with Crippen molar-refractivity contribution in [2.75, 3.05) is 39.4 Å². The van der Waals surface area contributed by atoms with Crippen molar-refractivity contribution in [2.24, 2.45) is 5.73 Å². The Kier molecular flexibility index (Phi) is 55.0. The minimum absolute atomic E-state index is 0.141. The average molecular weight is 761 g/mol. The van der Waals surface area contributed by atoms with E-state index in [1.807, 2.05) is 13.8 Å². The molecule has 0 unspecified atom stereocenters. The third kappa shape index (κ3) is 54.2. The number of hydrogen-bond donors (Lipinski definition) is 1. The van der Waals surface area contributed by atoms with Crippen LogP contribution in [0.25, 0.3) is 0 Å². The first-order chi connectivity index (χ1) is 26.5. The molecule has 54 heavy (non-hydrogen) atoms. The molecule has 318 valence electrons. The van der Waals surface area contributed by atoms with Crippen LogP contribution in [0.2, 0.25) is 0 Å². The Morgan fingerprint density at radius 1 is 0.444 bits per heavy atom. The molecule has 0 aromatic heterocycles. The highest BCUT2D eigenvalue weighted by Crippen LogP contribution is 2.09. The molecule has 0 aliphatic carbocycles. The second kappa shape index (κ2) is 52.9. The molecule has 0 aromatic rings. The molecule has 6 heteroatoms. The molecule has 0 fully saturated rings.